The zero-order valence-corrected chi connectivity index (χ0v) is 8.68. The summed E-state index contributed by atoms with van der Waals surface area (Å²) in [6.45, 7) is 0. The Morgan fingerprint density at radius 3 is 3.00 bits per heavy atom. The molecule has 2 N–H and O–H groups in total. The molecule has 17 heavy (non-hydrogen) atoms. The van der Waals surface area contributed by atoms with Gasteiger partial charge in [0.1, 0.15) is 18.0 Å². The van der Waals surface area contributed by atoms with Gasteiger partial charge in [-0.3, -0.25) is 5.10 Å². The molecular formula is C11H8FN5. The number of hydrogen-bond donors (Lipinski definition) is 2. The Morgan fingerprint density at radius 2 is 2.18 bits per heavy atom. The number of nitrogens with one attached hydrogen (secondary N) is 2. The van der Waals surface area contributed by atoms with Crippen molar-refractivity contribution in [3.05, 3.63) is 42.7 Å². The van der Waals surface area contributed by atoms with Gasteiger partial charge in [0.25, 0.3) is 0 Å². The van der Waals surface area contributed by atoms with Crippen molar-refractivity contribution in [2.45, 2.75) is 0 Å². The summed E-state index contributed by atoms with van der Waals surface area (Å²) >= 11 is 0. The molecule has 0 fully saturated rings. The maximum absolute atomic E-state index is 13.2. The van der Waals surface area contributed by atoms with Crippen LogP contribution in [0.2, 0.25) is 0 Å². The highest BCUT2D eigenvalue weighted by atomic mass is 19.1. The van der Waals surface area contributed by atoms with Crippen molar-refractivity contribution in [1.82, 2.24) is 20.2 Å². The smallest absolute Gasteiger partial charge is 0.141 e. The van der Waals surface area contributed by atoms with Crippen molar-refractivity contribution in [3.63, 3.8) is 0 Å². The van der Waals surface area contributed by atoms with Gasteiger partial charge >= 0.3 is 0 Å². The van der Waals surface area contributed by atoms with Crippen LogP contribution in [0.25, 0.3) is 10.9 Å². The van der Waals surface area contributed by atoms with Gasteiger partial charge in [0, 0.05) is 11.6 Å². The van der Waals surface area contributed by atoms with E-state index in [1.807, 2.05) is 0 Å². The first-order valence-electron chi connectivity index (χ1n) is 4.99. The van der Waals surface area contributed by atoms with Crippen molar-refractivity contribution in [2.75, 3.05) is 5.32 Å². The molecule has 0 spiro atoms. The first-order chi connectivity index (χ1) is 8.33. The molecule has 2 aromatic heterocycles. The molecule has 3 rings (SSSR count). The molecule has 0 aliphatic heterocycles. The number of aromatic amines is 1. The fraction of sp³-hybridized carbons (Fsp3) is 0. The Bertz CT molecular complexity index is 650. The van der Waals surface area contributed by atoms with Crippen LogP contribution in [-0.4, -0.2) is 20.2 Å². The molecule has 0 saturated heterocycles. The normalized spacial score (nSPS) is 10.6. The van der Waals surface area contributed by atoms with Gasteiger partial charge in [0.2, 0.25) is 0 Å². The number of H-pyrrole nitrogens is 1. The molecular weight excluding hydrogens is 221 g/mol. The largest absolute Gasteiger partial charge is 0.337 e. The third kappa shape index (κ3) is 1.80. The molecule has 0 atom stereocenters. The SMILES string of the molecule is Fc1ccc2ncnc(Nc3cn[nH]c3)c2c1. The third-order valence-electron chi connectivity index (χ3n) is 2.36. The van der Waals surface area contributed by atoms with E-state index in [-0.39, 0.29) is 5.82 Å². The summed E-state index contributed by atoms with van der Waals surface area (Å²) in [5.41, 5.74) is 1.45. The molecule has 0 bridgehead atoms. The molecule has 84 valence electrons. The Balaban J connectivity index is 2.12. The first-order valence-corrected chi connectivity index (χ1v) is 4.99. The predicted molar refractivity (Wildman–Crippen MR) is 61.4 cm³/mol. The molecule has 0 aliphatic rings. The quantitative estimate of drug-likeness (QED) is 0.707. The van der Waals surface area contributed by atoms with Gasteiger partial charge in [-0.2, -0.15) is 5.10 Å². The van der Waals surface area contributed by atoms with Gasteiger partial charge in [-0.05, 0) is 18.2 Å². The van der Waals surface area contributed by atoms with Gasteiger partial charge in [0.05, 0.1) is 17.4 Å². The van der Waals surface area contributed by atoms with E-state index < -0.39 is 0 Å². The topological polar surface area (TPSA) is 66.5 Å². The van der Waals surface area contributed by atoms with E-state index in [0.29, 0.717) is 16.7 Å². The lowest BCUT2D eigenvalue weighted by Crippen LogP contribution is -1.95. The van der Waals surface area contributed by atoms with Crippen LogP contribution in [0.4, 0.5) is 15.9 Å². The third-order valence-corrected chi connectivity index (χ3v) is 2.36. The van der Waals surface area contributed by atoms with E-state index in [4.69, 9.17) is 0 Å². The van der Waals surface area contributed by atoms with Crippen LogP contribution in [0.3, 0.4) is 0 Å². The van der Waals surface area contributed by atoms with Crippen LogP contribution in [0.15, 0.2) is 36.9 Å². The minimum atomic E-state index is -0.317. The number of fused-ring (bicyclic) bond motifs is 1. The molecule has 0 unspecified atom stereocenters. The summed E-state index contributed by atoms with van der Waals surface area (Å²) in [5, 5.41) is 10.2. The number of anilines is 2. The van der Waals surface area contributed by atoms with E-state index in [1.165, 1.54) is 18.5 Å². The highest BCUT2D eigenvalue weighted by Gasteiger charge is 2.05. The fourth-order valence-electron chi connectivity index (χ4n) is 1.58. The molecule has 0 aliphatic carbocycles. The zero-order valence-electron chi connectivity index (χ0n) is 8.68. The number of rotatable bonds is 2. The minimum Gasteiger partial charge on any atom is -0.337 e. The van der Waals surface area contributed by atoms with Crippen molar-refractivity contribution >= 4 is 22.4 Å². The lowest BCUT2D eigenvalue weighted by atomic mass is 10.2. The second-order valence-corrected chi connectivity index (χ2v) is 3.50. The Morgan fingerprint density at radius 1 is 1.24 bits per heavy atom. The first kappa shape index (κ1) is 9.71. The van der Waals surface area contributed by atoms with Crippen molar-refractivity contribution in [2.24, 2.45) is 0 Å². The van der Waals surface area contributed by atoms with Crippen molar-refractivity contribution < 1.29 is 4.39 Å². The second kappa shape index (κ2) is 3.82. The summed E-state index contributed by atoms with van der Waals surface area (Å²) in [7, 11) is 0. The van der Waals surface area contributed by atoms with Crippen LogP contribution in [0.5, 0.6) is 0 Å². The van der Waals surface area contributed by atoms with Crippen molar-refractivity contribution in [3.8, 4) is 0 Å². The monoisotopic (exact) mass is 229 g/mol. The lowest BCUT2D eigenvalue weighted by molar-refractivity contribution is 0.629. The standard InChI is InChI=1S/C11H8FN5/c12-7-1-2-10-9(3-7)11(14-6-13-10)17-8-4-15-16-5-8/h1-6H,(H,15,16)(H,13,14,17). The van der Waals surface area contributed by atoms with Crippen molar-refractivity contribution in [1.29, 1.82) is 0 Å². The molecule has 6 heteroatoms. The Hall–Kier alpha value is -2.50. The summed E-state index contributed by atoms with van der Waals surface area (Å²) in [6.07, 6.45) is 4.74. The van der Waals surface area contributed by atoms with Crippen LogP contribution >= 0.6 is 0 Å². The average molecular weight is 229 g/mol. The number of benzene rings is 1. The Labute approximate surface area is 95.7 Å². The van der Waals surface area contributed by atoms with Gasteiger partial charge in [0.15, 0.2) is 0 Å². The molecule has 5 nitrogen and oxygen atoms in total. The lowest BCUT2D eigenvalue weighted by Gasteiger charge is -2.05. The number of hydrogen-bond acceptors (Lipinski definition) is 4. The highest BCUT2D eigenvalue weighted by molar-refractivity contribution is 5.90. The molecule has 1 aromatic carbocycles. The highest BCUT2D eigenvalue weighted by Crippen LogP contribution is 2.22. The van der Waals surface area contributed by atoms with E-state index in [1.54, 1.807) is 18.5 Å². The molecule has 2 heterocycles. The van der Waals surface area contributed by atoms with Gasteiger partial charge in [-0.25, -0.2) is 14.4 Å². The zero-order chi connectivity index (χ0) is 11.7. The average Bonchev–Trinajstić information content (AvgIpc) is 2.83. The molecule has 0 radical (unpaired) electrons. The van der Waals surface area contributed by atoms with E-state index in [2.05, 4.69) is 25.5 Å². The summed E-state index contributed by atoms with van der Waals surface area (Å²) in [5.74, 6) is 0.235. The van der Waals surface area contributed by atoms with Gasteiger partial charge in [-0.15, -0.1) is 0 Å². The van der Waals surface area contributed by atoms with Crippen LogP contribution < -0.4 is 5.32 Å². The van der Waals surface area contributed by atoms with Crippen LogP contribution in [-0.2, 0) is 0 Å². The summed E-state index contributed by atoms with van der Waals surface area (Å²) in [6, 6.07) is 4.39. The maximum atomic E-state index is 13.2. The minimum absolute atomic E-state index is 0.317. The van der Waals surface area contributed by atoms with E-state index >= 15 is 0 Å². The Kier molecular flexibility index (Phi) is 2.18. The van der Waals surface area contributed by atoms with Crippen LogP contribution in [0, 0.1) is 5.82 Å². The summed E-state index contributed by atoms with van der Waals surface area (Å²) in [4.78, 5) is 8.16. The van der Waals surface area contributed by atoms with Gasteiger partial charge in [-0.1, -0.05) is 0 Å². The van der Waals surface area contributed by atoms with Crippen LogP contribution in [0.1, 0.15) is 0 Å². The van der Waals surface area contributed by atoms with E-state index in [0.717, 1.165) is 5.69 Å². The number of nitrogens with zero attached hydrogens (tertiary/aromatic N) is 3. The molecule has 3 aromatic rings. The number of halogens is 1. The summed E-state index contributed by atoms with van der Waals surface area (Å²) < 4.78 is 13.2. The van der Waals surface area contributed by atoms with E-state index in [9.17, 15) is 4.39 Å². The number of aromatic nitrogens is 4. The van der Waals surface area contributed by atoms with Gasteiger partial charge < -0.3 is 5.32 Å². The maximum Gasteiger partial charge on any atom is 0.141 e. The molecule has 0 amide bonds. The fourth-order valence-corrected chi connectivity index (χ4v) is 1.58. The predicted octanol–water partition coefficient (Wildman–Crippen LogP) is 2.24. The molecule has 0 saturated carbocycles. The second-order valence-electron chi connectivity index (χ2n) is 3.50.